The zero-order valence-corrected chi connectivity index (χ0v) is 16.1. The summed E-state index contributed by atoms with van der Waals surface area (Å²) in [7, 11) is -0.789. The minimum atomic E-state index is -3.65. The number of nitrogens with zero attached hydrogens (tertiary/aromatic N) is 1. The molecule has 1 aromatic heterocycles. The van der Waals surface area contributed by atoms with E-state index in [1.807, 2.05) is 0 Å². The van der Waals surface area contributed by atoms with Gasteiger partial charge in [0.25, 0.3) is 5.91 Å². The average molecular weight is 389 g/mol. The van der Waals surface area contributed by atoms with E-state index in [1.54, 1.807) is 26.0 Å². The average Bonchev–Trinajstić information content (AvgIpc) is 3.03. The Morgan fingerprint density at radius 2 is 1.89 bits per heavy atom. The zero-order valence-electron chi connectivity index (χ0n) is 15.2. The predicted molar refractivity (Wildman–Crippen MR) is 101 cm³/mol. The molecule has 0 radical (unpaired) electrons. The molecule has 0 atom stereocenters. The number of carbonyl (C=O) groups excluding carboxylic acids is 1. The summed E-state index contributed by atoms with van der Waals surface area (Å²) in [5.74, 6) is -1.44. The molecule has 0 fully saturated rings. The fraction of sp³-hybridized carbons (Fsp3) is 0.222. The maximum atomic E-state index is 12.4. The van der Waals surface area contributed by atoms with Crippen molar-refractivity contribution in [1.82, 2.24) is 9.29 Å². The van der Waals surface area contributed by atoms with Gasteiger partial charge in [-0.15, -0.1) is 0 Å². The van der Waals surface area contributed by atoms with Gasteiger partial charge in [-0.2, -0.15) is 0 Å². The first-order valence-electron chi connectivity index (χ1n) is 8.06. The molecule has 0 bridgehead atoms. The Hall–Kier alpha value is -2.91. The second kappa shape index (κ2) is 6.36. The van der Waals surface area contributed by atoms with Gasteiger partial charge >= 0.3 is 5.97 Å². The summed E-state index contributed by atoms with van der Waals surface area (Å²) in [5.41, 5.74) is 2.85. The van der Waals surface area contributed by atoms with Crippen LogP contribution >= 0.6 is 0 Å². The largest absolute Gasteiger partial charge is 0.478 e. The summed E-state index contributed by atoms with van der Waals surface area (Å²) in [5, 5.41) is 12.0. The molecule has 3 rings (SSSR count). The highest BCUT2D eigenvalue weighted by atomic mass is 32.2. The summed E-state index contributed by atoms with van der Waals surface area (Å²) in [4.78, 5) is 26.8. The molecule has 0 saturated heterocycles. The molecule has 142 valence electrons. The van der Waals surface area contributed by atoms with Crippen molar-refractivity contribution in [3.05, 3.63) is 46.3 Å². The Labute approximate surface area is 156 Å². The number of carbonyl (C=O) groups is 2. The number of aromatic nitrogens is 1. The molecular formula is C18H19N3O5S. The smallest absolute Gasteiger partial charge is 0.337 e. The molecule has 8 nitrogen and oxygen atoms in total. The van der Waals surface area contributed by atoms with Crippen LogP contribution in [0.25, 0.3) is 11.6 Å². The van der Waals surface area contributed by atoms with Crippen LogP contribution in [0.3, 0.4) is 0 Å². The van der Waals surface area contributed by atoms with Gasteiger partial charge in [-0.1, -0.05) is 0 Å². The van der Waals surface area contributed by atoms with E-state index in [9.17, 15) is 23.1 Å². The highest BCUT2D eigenvalue weighted by Gasteiger charge is 2.28. The van der Waals surface area contributed by atoms with Gasteiger partial charge in [0.05, 0.1) is 16.0 Å². The number of carboxylic acids is 1. The van der Waals surface area contributed by atoms with Crippen molar-refractivity contribution >= 4 is 39.2 Å². The van der Waals surface area contributed by atoms with Crippen LogP contribution in [-0.2, 0) is 14.8 Å². The summed E-state index contributed by atoms with van der Waals surface area (Å²) >= 11 is 0. The number of fused-ring (bicyclic) bond motifs is 1. The number of anilines is 1. The predicted octanol–water partition coefficient (Wildman–Crippen LogP) is 2.07. The van der Waals surface area contributed by atoms with Gasteiger partial charge in [-0.3, -0.25) is 4.79 Å². The molecule has 1 aromatic carbocycles. The maximum Gasteiger partial charge on any atom is 0.337 e. The maximum absolute atomic E-state index is 12.4. The van der Waals surface area contributed by atoms with Crippen LogP contribution in [0.15, 0.2) is 23.1 Å². The number of hydrogen-bond acceptors (Lipinski definition) is 4. The van der Waals surface area contributed by atoms with Gasteiger partial charge < -0.3 is 15.4 Å². The Kier molecular flexibility index (Phi) is 4.44. The molecule has 1 aliphatic heterocycles. The number of hydrogen-bond donors (Lipinski definition) is 3. The third-order valence-electron chi connectivity index (χ3n) is 4.53. The minimum Gasteiger partial charge on any atom is -0.478 e. The van der Waals surface area contributed by atoms with E-state index < -0.39 is 16.0 Å². The molecule has 3 N–H and O–H groups in total. The zero-order chi connectivity index (χ0) is 20.1. The fourth-order valence-electron chi connectivity index (χ4n) is 3.07. The number of nitrogens with one attached hydrogen (secondary N) is 2. The first kappa shape index (κ1) is 18.9. The van der Waals surface area contributed by atoms with Crippen molar-refractivity contribution in [3.63, 3.8) is 0 Å². The van der Waals surface area contributed by atoms with Gasteiger partial charge in [0.2, 0.25) is 10.0 Å². The lowest BCUT2D eigenvalue weighted by atomic mass is 10.0. The number of aryl methyl sites for hydroxylation is 1. The van der Waals surface area contributed by atoms with Crippen molar-refractivity contribution in [2.45, 2.75) is 18.7 Å². The monoisotopic (exact) mass is 389 g/mol. The number of benzene rings is 1. The molecule has 0 saturated carbocycles. The Balaban J connectivity index is 2.16. The second-order valence-corrected chi connectivity index (χ2v) is 8.63. The van der Waals surface area contributed by atoms with Crippen molar-refractivity contribution in [1.29, 1.82) is 0 Å². The van der Waals surface area contributed by atoms with Crippen LogP contribution in [0.4, 0.5) is 5.69 Å². The third-order valence-corrected chi connectivity index (χ3v) is 6.34. The molecule has 0 unspecified atom stereocenters. The summed E-state index contributed by atoms with van der Waals surface area (Å²) in [6.45, 7) is 3.29. The first-order valence-corrected chi connectivity index (χ1v) is 9.50. The highest BCUT2D eigenvalue weighted by Crippen LogP contribution is 2.35. The third kappa shape index (κ3) is 3.04. The van der Waals surface area contributed by atoms with E-state index in [1.165, 1.54) is 26.2 Å². The Bertz CT molecular complexity index is 1110. The molecule has 0 aliphatic carbocycles. The molecule has 2 aromatic rings. The number of aromatic amines is 1. The van der Waals surface area contributed by atoms with Crippen LogP contribution in [0.2, 0.25) is 0 Å². The van der Waals surface area contributed by atoms with Gasteiger partial charge in [-0.25, -0.2) is 17.5 Å². The molecular weight excluding hydrogens is 370 g/mol. The number of H-pyrrole nitrogens is 1. The highest BCUT2D eigenvalue weighted by molar-refractivity contribution is 7.89. The molecule has 1 aliphatic rings. The topological polar surface area (TPSA) is 120 Å². The quantitative estimate of drug-likeness (QED) is 0.692. The number of rotatable bonds is 4. The normalized spacial score (nSPS) is 15.3. The lowest BCUT2D eigenvalue weighted by Gasteiger charge is -2.12. The van der Waals surface area contributed by atoms with Crippen LogP contribution in [-0.4, -0.2) is 48.8 Å². The van der Waals surface area contributed by atoms with Crippen molar-refractivity contribution in [2.75, 3.05) is 19.4 Å². The Morgan fingerprint density at radius 3 is 2.44 bits per heavy atom. The molecule has 27 heavy (non-hydrogen) atoms. The molecule has 2 heterocycles. The fourth-order valence-corrected chi connectivity index (χ4v) is 3.99. The number of amides is 1. The van der Waals surface area contributed by atoms with E-state index in [-0.39, 0.29) is 21.9 Å². The van der Waals surface area contributed by atoms with Crippen molar-refractivity contribution < 1.29 is 23.1 Å². The van der Waals surface area contributed by atoms with Crippen LogP contribution < -0.4 is 5.32 Å². The molecule has 1 amide bonds. The van der Waals surface area contributed by atoms with E-state index in [4.69, 9.17) is 0 Å². The van der Waals surface area contributed by atoms with Gasteiger partial charge in [0.15, 0.2) is 0 Å². The second-order valence-electron chi connectivity index (χ2n) is 6.48. The van der Waals surface area contributed by atoms with Crippen molar-refractivity contribution in [2.24, 2.45) is 0 Å². The standard InChI is InChI=1S/C18H19N3O5S/c1-9-15(19-10(2)16(9)18(23)24)8-13-12-7-11(27(25,26)21(3)4)5-6-14(12)20-17(13)22/h5-8,19H,1-4H3,(H,20,22)(H,23,24)/b13-8-. The number of aromatic carboxylic acids is 1. The first-order chi connectivity index (χ1) is 12.5. The molecule has 0 spiro atoms. The summed E-state index contributed by atoms with van der Waals surface area (Å²) < 4.78 is 25.9. The number of carboxylic acid groups (broad SMARTS) is 1. The van der Waals surface area contributed by atoms with E-state index in [2.05, 4.69) is 10.3 Å². The van der Waals surface area contributed by atoms with Crippen LogP contribution in [0, 0.1) is 13.8 Å². The van der Waals surface area contributed by atoms with Crippen LogP contribution in [0.1, 0.15) is 32.9 Å². The van der Waals surface area contributed by atoms with E-state index >= 15 is 0 Å². The van der Waals surface area contributed by atoms with Gasteiger partial charge in [-0.05, 0) is 43.7 Å². The lowest BCUT2D eigenvalue weighted by molar-refractivity contribution is -0.110. The minimum absolute atomic E-state index is 0.0688. The summed E-state index contributed by atoms with van der Waals surface area (Å²) in [6, 6.07) is 4.42. The van der Waals surface area contributed by atoms with Gasteiger partial charge in [0.1, 0.15) is 0 Å². The van der Waals surface area contributed by atoms with Crippen molar-refractivity contribution in [3.8, 4) is 0 Å². The van der Waals surface area contributed by atoms with E-state index in [0.717, 1.165) is 4.31 Å². The Morgan fingerprint density at radius 1 is 1.22 bits per heavy atom. The SMILES string of the molecule is Cc1[nH]c(/C=C2\C(=O)Nc3ccc(S(=O)(=O)N(C)C)cc32)c(C)c1C(=O)O. The van der Waals surface area contributed by atoms with Crippen LogP contribution in [0.5, 0.6) is 0 Å². The van der Waals surface area contributed by atoms with Gasteiger partial charge in [0, 0.05) is 36.7 Å². The lowest BCUT2D eigenvalue weighted by Crippen LogP contribution is -2.22. The molecule has 9 heteroatoms. The number of sulfonamides is 1. The van der Waals surface area contributed by atoms with E-state index in [0.29, 0.717) is 28.2 Å². The summed E-state index contributed by atoms with van der Waals surface area (Å²) in [6.07, 6.45) is 1.54.